The van der Waals surface area contributed by atoms with Crippen molar-refractivity contribution >= 4 is 109 Å². The SMILES string of the molecule is CCCCCCCCCCCCc1ccc2nc3c4ccc5c(=O)n6c7cc(N)cc8c(S(=O)(=O)N(CCCCCCCCCCCC)CCCCCCCCCCCC)ccc(nc6c6ccc(c(=O)n3c3cc([N+](=O)[O-])cc1c23)c4c56)c87. The van der Waals surface area contributed by atoms with Crippen molar-refractivity contribution in [1.82, 2.24) is 23.1 Å². The summed E-state index contributed by atoms with van der Waals surface area (Å²) in [5, 5.41) is 18.1. The van der Waals surface area contributed by atoms with Crippen molar-refractivity contribution in [2.75, 3.05) is 18.8 Å². The molecule has 0 amide bonds. The van der Waals surface area contributed by atoms with E-state index in [9.17, 15) is 10.1 Å². The highest BCUT2D eigenvalue weighted by Gasteiger charge is 2.29. The summed E-state index contributed by atoms with van der Waals surface area (Å²) < 4.78 is 35.2. The van der Waals surface area contributed by atoms with Crippen molar-refractivity contribution in [2.45, 2.75) is 225 Å². The van der Waals surface area contributed by atoms with Gasteiger partial charge in [0.25, 0.3) is 16.8 Å². The van der Waals surface area contributed by atoms with Gasteiger partial charge in [0.15, 0.2) is 0 Å². The lowest BCUT2D eigenvalue weighted by Crippen LogP contribution is -2.33. The number of rotatable bonds is 36. The highest BCUT2D eigenvalue weighted by Crippen LogP contribution is 2.41. The van der Waals surface area contributed by atoms with Crippen LogP contribution in [0, 0.1) is 10.1 Å². The lowest BCUT2D eigenvalue weighted by atomic mass is 9.94. The largest absolute Gasteiger partial charge is 0.399 e. The van der Waals surface area contributed by atoms with E-state index in [1.807, 2.05) is 24.3 Å². The predicted molar refractivity (Wildman–Crippen MR) is 350 cm³/mol. The second-order valence-corrected chi connectivity index (χ2v) is 26.3. The van der Waals surface area contributed by atoms with Gasteiger partial charge in [-0.25, -0.2) is 18.4 Å². The van der Waals surface area contributed by atoms with E-state index in [-0.39, 0.29) is 16.1 Å². The van der Waals surface area contributed by atoms with E-state index in [0.717, 1.165) is 88.0 Å². The first kappa shape index (κ1) is 60.6. The lowest BCUT2D eigenvalue weighted by Gasteiger charge is -2.24. The minimum Gasteiger partial charge on any atom is -0.399 e. The second kappa shape index (κ2) is 28.1. The molecule has 0 aliphatic rings. The van der Waals surface area contributed by atoms with Gasteiger partial charge in [-0.2, -0.15) is 4.31 Å². The second-order valence-electron chi connectivity index (χ2n) is 24.4. The molecule has 84 heavy (non-hydrogen) atoms. The Kier molecular flexibility index (Phi) is 20.3. The van der Waals surface area contributed by atoms with Gasteiger partial charge in [0, 0.05) is 79.4 Å². The maximum absolute atomic E-state index is 15.3. The number of nitro benzene ring substituents is 1. The number of benzene rings is 6. The fourth-order valence-corrected chi connectivity index (χ4v) is 15.3. The van der Waals surface area contributed by atoms with Crippen LogP contribution >= 0.6 is 0 Å². The number of non-ortho nitro benzene ring substituents is 1. The minimum atomic E-state index is -4.03. The zero-order valence-electron chi connectivity index (χ0n) is 50.4. The third-order valence-corrected chi connectivity index (χ3v) is 20.2. The number of nitrogens with zero attached hydrogens (tertiary/aromatic N) is 6. The minimum absolute atomic E-state index is 0.100. The normalized spacial score (nSPS) is 12.6. The molecule has 446 valence electrons. The molecule has 0 spiro atoms. The van der Waals surface area contributed by atoms with Gasteiger partial charge in [0.2, 0.25) is 10.0 Å². The lowest BCUT2D eigenvalue weighted by molar-refractivity contribution is -0.384. The van der Waals surface area contributed by atoms with Crippen LogP contribution in [0.3, 0.4) is 0 Å². The van der Waals surface area contributed by atoms with E-state index in [4.69, 9.17) is 15.7 Å². The van der Waals surface area contributed by atoms with Crippen LogP contribution in [0.2, 0.25) is 0 Å². The zero-order chi connectivity index (χ0) is 58.7. The van der Waals surface area contributed by atoms with Crippen LogP contribution in [0.25, 0.3) is 87.2 Å². The van der Waals surface area contributed by atoms with Crippen molar-refractivity contribution in [3.63, 3.8) is 0 Å². The molecular weight excluding hydrogens is 1070 g/mol. The summed E-state index contributed by atoms with van der Waals surface area (Å²) in [4.78, 5) is 53.3. The number of aryl methyl sites for hydroxylation is 1. The maximum Gasteiger partial charge on any atom is 0.272 e. The Morgan fingerprint density at radius 2 is 0.869 bits per heavy atom. The average Bonchev–Trinajstić information content (AvgIpc) is 1.00. The van der Waals surface area contributed by atoms with E-state index in [1.54, 1.807) is 51.2 Å². The molecule has 14 heteroatoms. The van der Waals surface area contributed by atoms with Crippen LogP contribution < -0.4 is 16.9 Å². The van der Waals surface area contributed by atoms with Gasteiger partial charge in [-0.05, 0) is 91.2 Å². The molecular formula is C70H89N7O6S. The monoisotopic (exact) mass is 1160 g/mol. The Morgan fingerprint density at radius 3 is 1.33 bits per heavy atom. The predicted octanol–water partition coefficient (Wildman–Crippen LogP) is 18.4. The van der Waals surface area contributed by atoms with Crippen LogP contribution in [0.1, 0.15) is 219 Å². The number of hydrogen-bond donors (Lipinski definition) is 1. The van der Waals surface area contributed by atoms with Crippen molar-refractivity contribution < 1.29 is 13.3 Å². The van der Waals surface area contributed by atoms with E-state index in [0.29, 0.717) is 101 Å². The fraction of sp³-hybridized carbons (Fsp3) is 0.514. The summed E-state index contributed by atoms with van der Waals surface area (Å²) in [5.74, 6) is 0. The number of unbranched alkanes of at least 4 members (excludes halogenated alkanes) is 27. The summed E-state index contributed by atoms with van der Waals surface area (Å²) in [6, 6.07) is 21.1. The van der Waals surface area contributed by atoms with Gasteiger partial charge in [-0.1, -0.05) is 200 Å². The standard InChI is InChI=1S/C70H89N7O6S/c1-4-7-10-13-16-19-22-25-28-31-34-49-35-40-58-65-56(49)47-51(77(80)81)48-61(65)76-68(72-58)53-37-38-54-63-52(36-39-55(64(53)63)70(76)79)67-73-59-41-42-62(57-45-50(71)46-60(66(57)59)75(67)69(54)78)84(82,83)74(43-32-29-26-23-20-17-14-11-8-5-2)44-33-30-27-24-21-18-15-12-9-6-3/h35-42,45-48H,4-34,43-44,71H2,1-3H3. The molecule has 6 aromatic carbocycles. The third kappa shape index (κ3) is 12.7. The van der Waals surface area contributed by atoms with Crippen LogP contribution in [0.5, 0.6) is 0 Å². The zero-order valence-corrected chi connectivity index (χ0v) is 51.2. The van der Waals surface area contributed by atoms with E-state index in [2.05, 4.69) is 20.8 Å². The molecule has 0 unspecified atom stereocenters. The van der Waals surface area contributed by atoms with Gasteiger partial charge in [-0.3, -0.25) is 28.5 Å². The Bertz CT molecular complexity index is 4130. The molecule has 10 aromatic rings. The molecule has 4 aromatic heterocycles. The Labute approximate surface area is 495 Å². The highest BCUT2D eigenvalue weighted by atomic mass is 32.2. The van der Waals surface area contributed by atoms with Gasteiger partial charge in [0.05, 0.1) is 31.9 Å². The Balaban J connectivity index is 0.997. The molecule has 0 saturated heterocycles. The number of pyridine rings is 2. The van der Waals surface area contributed by atoms with Gasteiger partial charge in [0.1, 0.15) is 11.3 Å². The topological polar surface area (TPSA) is 175 Å². The number of anilines is 1. The molecule has 10 rings (SSSR count). The summed E-state index contributed by atoms with van der Waals surface area (Å²) in [6.45, 7) is 7.59. The van der Waals surface area contributed by atoms with Crippen molar-refractivity contribution in [1.29, 1.82) is 0 Å². The number of fused-ring (bicyclic) bond motifs is 6. The number of nitro groups is 1. The molecule has 0 aliphatic heterocycles. The fourth-order valence-electron chi connectivity index (χ4n) is 13.7. The molecule has 2 N–H and O–H groups in total. The van der Waals surface area contributed by atoms with Crippen LogP contribution in [-0.4, -0.2) is 49.5 Å². The number of hydrogen-bond acceptors (Lipinski definition) is 9. The first-order valence-corrected chi connectivity index (χ1v) is 34.0. The molecule has 0 aliphatic carbocycles. The van der Waals surface area contributed by atoms with Gasteiger partial charge >= 0.3 is 0 Å². The van der Waals surface area contributed by atoms with E-state index < -0.39 is 20.5 Å². The van der Waals surface area contributed by atoms with Gasteiger partial charge in [-0.15, -0.1) is 0 Å². The van der Waals surface area contributed by atoms with Crippen LogP contribution in [-0.2, 0) is 16.4 Å². The number of nitrogens with two attached hydrogens (primary N) is 1. The quantitative estimate of drug-likeness (QED) is 0.0100. The number of sulfonamides is 1. The Hall–Kier alpha value is -6.51. The smallest absolute Gasteiger partial charge is 0.272 e. The summed E-state index contributed by atoms with van der Waals surface area (Å²) in [7, 11) is -4.03. The molecule has 4 heterocycles. The van der Waals surface area contributed by atoms with Crippen molar-refractivity contribution in [2.24, 2.45) is 0 Å². The van der Waals surface area contributed by atoms with E-state index >= 15 is 18.0 Å². The first-order valence-electron chi connectivity index (χ1n) is 32.6. The molecule has 13 nitrogen and oxygen atoms in total. The first-order chi connectivity index (χ1) is 41.0. The maximum atomic E-state index is 15.3. The molecule has 0 bridgehead atoms. The average molecular weight is 1160 g/mol. The van der Waals surface area contributed by atoms with Crippen molar-refractivity contribution in [3.8, 4) is 0 Å². The molecule has 0 radical (unpaired) electrons. The summed E-state index contributed by atoms with van der Waals surface area (Å²) in [6.07, 6.45) is 36.0. The number of nitrogen functional groups attached to an aromatic ring is 1. The molecule has 0 fully saturated rings. The van der Waals surface area contributed by atoms with Crippen LogP contribution in [0.15, 0.2) is 87.3 Å². The Morgan fingerprint density at radius 1 is 0.464 bits per heavy atom. The molecule has 0 atom stereocenters. The summed E-state index contributed by atoms with van der Waals surface area (Å²) in [5.41, 5.74) is 9.85. The van der Waals surface area contributed by atoms with Gasteiger partial charge < -0.3 is 5.73 Å². The highest BCUT2D eigenvalue weighted by molar-refractivity contribution is 7.89. The van der Waals surface area contributed by atoms with Crippen molar-refractivity contribution in [3.05, 3.63) is 109 Å². The summed E-state index contributed by atoms with van der Waals surface area (Å²) >= 11 is 0. The molecule has 0 saturated carbocycles. The third-order valence-electron chi connectivity index (χ3n) is 18.2. The van der Waals surface area contributed by atoms with E-state index in [1.165, 1.54) is 132 Å². The van der Waals surface area contributed by atoms with Crippen LogP contribution in [0.4, 0.5) is 11.4 Å². The number of aromatic nitrogens is 4.